The number of imidazole rings is 1. The van der Waals surface area contributed by atoms with Gasteiger partial charge in [0.05, 0.1) is 23.4 Å². The molecule has 0 saturated carbocycles. The summed E-state index contributed by atoms with van der Waals surface area (Å²) in [5.74, 6) is -1.42. The second-order valence-electron chi connectivity index (χ2n) is 5.88. The Morgan fingerprint density at radius 2 is 1.85 bits per heavy atom. The van der Waals surface area contributed by atoms with E-state index in [0.29, 0.717) is 5.56 Å². The molecule has 3 aromatic rings. The number of hydrogen-bond donors (Lipinski definition) is 2. The molecule has 0 bridgehead atoms. The number of rotatable bonds is 7. The number of sulfone groups is 1. The first-order valence-corrected chi connectivity index (χ1v) is 9.90. The number of fused-ring (bicyclic) bond motifs is 1. The SMILES string of the molecule is O=C(CS(=O)(=O)Cc1ccc(-n2cnc3ccccc32)cc1)NCCO. The molecule has 1 heterocycles. The van der Waals surface area contributed by atoms with Crippen LogP contribution in [0.5, 0.6) is 0 Å². The molecule has 136 valence electrons. The van der Waals surface area contributed by atoms with E-state index in [2.05, 4.69) is 10.3 Å². The Labute approximate surface area is 151 Å². The van der Waals surface area contributed by atoms with Crippen molar-refractivity contribution in [2.75, 3.05) is 18.9 Å². The van der Waals surface area contributed by atoms with Crippen LogP contribution in [0.15, 0.2) is 54.9 Å². The number of aromatic nitrogens is 2. The van der Waals surface area contributed by atoms with Crippen molar-refractivity contribution >= 4 is 26.8 Å². The zero-order chi connectivity index (χ0) is 18.6. The molecule has 1 aromatic heterocycles. The van der Waals surface area contributed by atoms with Crippen LogP contribution in [-0.4, -0.2) is 47.9 Å². The summed E-state index contributed by atoms with van der Waals surface area (Å²) < 4.78 is 26.2. The fourth-order valence-electron chi connectivity index (χ4n) is 2.67. The normalized spacial score (nSPS) is 11.6. The molecular weight excluding hydrogens is 354 g/mol. The molecule has 0 atom stereocenters. The van der Waals surface area contributed by atoms with E-state index < -0.39 is 21.5 Å². The average Bonchev–Trinajstić information content (AvgIpc) is 3.04. The number of hydrogen-bond acceptors (Lipinski definition) is 5. The summed E-state index contributed by atoms with van der Waals surface area (Å²) in [6.07, 6.45) is 1.72. The fourth-order valence-corrected chi connectivity index (χ4v) is 3.97. The van der Waals surface area contributed by atoms with Crippen LogP contribution < -0.4 is 5.32 Å². The maximum atomic E-state index is 12.1. The molecule has 0 aliphatic rings. The number of nitrogens with one attached hydrogen (secondary N) is 1. The first kappa shape index (κ1) is 18.1. The van der Waals surface area contributed by atoms with Crippen LogP contribution >= 0.6 is 0 Å². The van der Waals surface area contributed by atoms with Gasteiger partial charge in [0.1, 0.15) is 12.1 Å². The van der Waals surface area contributed by atoms with Gasteiger partial charge in [-0.15, -0.1) is 0 Å². The second-order valence-corrected chi connectivity index (χ2v) is 7.94. The highest BCUT2D eigenvalue weighted by Gasteiger charge is 2.17. The molecule has 0 fully saturated rings. The fraction of sp³-hybridized carbons (Fsp3) is 0.222. The van der Waals surface area contributed by atoms with E-state index in [1.54, 1.807) is 18.5 Å². The molecule has 0 radical (unpaired) electrons. The number of amides is 1. The lowest BCUT2D eigenvalue weighted by atomic mass is 10.2. The van der Waals surface area contributed by atoms with E-state index in [-0.39, 0.29) is 18.9 Å². The quantitative estimate of drug-likeness (QED) is 0.645. The molecule has 0 spiro atoms. The highest BCUT2D eigenvalue weighted by atomic mass is 32.2. The van der Waals surface area contributed by atoms with E-state index in [9.17, 15) is 13.2 Å². The number of para-hydroxylation sites is 2. The van der Waals surface area contributed by atoms with Crippen LogP contribution in [0.1, 0.15) is 5.56 Å². The summed E-state index contributed by atoms with van der Waals surface area (Å²) in [6.45, 7) is -0.182. The van der Waals surface area contributed by atoms with Crippen molar-refractivity contribution < 1.29 is 18.3 Å². The van der Waals surface area contributed by atoms with Gasteiger partial charge in [-0.1, -0.05) is 24.3 Å². The number of carbonyl (C=O) groups is 1. The van der Waals surface area contributed by atoms with Gasteiger partial charge in [-0.25, -0.2) is 13.4 Å². The van der Waals surface area contributed by atoms with Crippen LogP contribution in [-0.2, 0) is 20.4 Å². The van der Waals surface area contributed by atoms with E-state index in [1.165, 1.54) is 0 Å². The van der Waals surface area contributed by atoms with Crippen LogP contribution in [0.3, 0.4) is 0 Å². The maximum absolute atomic E-state index is 12.1. The zero-order valence-electron chi connectivity index (χ0n) is 14.0. The third kappa shape index (κ3) is 4.27. The van der Waals surface area contributed by atoms with Gasteiger partial charge in [0.15, 0.2) is 9.84 Å². The van der Waals surface area contributed by atoms with Crippen molar-refractivity contribution in [2.24, 2.45) is 0 Å². The zero-order valence-corrected chi connectivity index (χ0v) is 14.8. The van der Waals surface area contributed by atoms with Crippen molar-refractivity contribution in [1.82, 2.24) is 14.9 Å². The molecular formula is C18H19N3O4S. The van der Waals surface area contributed by atoms with Gasteiger partial charge < -0.3 is 10.4 Å². The van der Waals surface area contributed by atoms with Gasteiger partial charge in [-0.3, -0.25) is 9.36 Å². The molecule has 0 saturated heterocycles. The van der Waals surface area contributed by atoms with Crippen molar-refractivity contribution in [2.45, 2.75) is 5.75 Å². The standard InChI is InChI=1S/C18H19N3O4S/c22-10-9-19-18(23)12-26(24,25)11-14-5-7-15(8-6-14)21-13-20-16-3-1-2-4-17(16)21/h1-8,13,22H,9-12H2,(H,19,23). The van der Waals surface area contributed by atoms with E-state index in [4.69, 9.17) is 5.11 Å². The van der Waals surface area contributed by atoms with Crippen LogP contribution in [0.25, 0.3) is 16.7 Å². The Morgan fingerprint density at radius 3 is 2.58 bits per heavy atom. The molecule has 7 nitrogen and oxygen atoms in total. The minimum Gasteiger partial charge on any atom is -0.395 e. The number of aliphatic hydroxyl groups is 1. The smallest absolute Gasteiger partial charge is 0.235 e. The Bertz CT molecular complexity index is 1010. The molecule has 26 heavy (non-hydrogen) atoms. The van der Waals surface area contributed by atoms with Crippen LogP contribution in [0.2, 0.25) is 0 Å². The molecule has 8 heteroatoms. The monoisotopic (exact) mass is 373 g/mol. The summed E-state index contributed by atoms with van der Waals surface area (Å²) in [7, 11) is -3.58. The molecule has 0 aliphatic carbocycles. The van der Waals surface area contributed by atoms with E-state index in [0.717, 1.165) is 16.7 Å². The summed E-state index contributed by atoms with van der Waals surface area (Å²) in [5.41, 5.74) is 3.33. The van der Waals surface area contributed by atoms with Gasteiger partial charge >= 0.3 is 0 Å². The lowest BCUT2D eigenvalue weighted by molar-refractivity contribution is -0.118. The molecule has 3 rings (SSSR count). The van der Waals surface area contributed by atoms with Crippen molar-refractivity contribution in [3.05, 3.63) is 60.4 Å². The van der Waals surface area contributed by atoms with Gasteiger partial charge in [-0.2, -0.15) is 0 Å². The predicted octanol–water partition coefficient (Wildman–Crippen LogP) is 1.05. The Morgan fingerprint density at radius 1 is 1.12 bits per heavy atom. The minimum atomic E-state index is -3.58. The molecule has 0 unspecified atom stereocenters. The molecule has 0 aliphatic heterocycles. The van der Waals surface area contributed by atoms with Crippen molar-refractivity contribution in [1.29, 1.82) is 0 Å². The number of aliphatic hydroxyl groups excluding tert-OH is 1. The summed E-state index contributed by atoms with van der Waals surface area (Å²) >= 11 is 0. The third-order valence-electron chi connectivity index (χ3n) is 3.84. The van der Waals surface area contributed by atoms with Crippen LogP contribution in [0.4, 0.5) is 0 Å². The maximum Gasteiger partial charge on any atom is 0.235 e. The molecule has 2 N–H and O–H groups in total. The highest BCUT2D eigenvalue weighted by Crippen LogP contribution is 2.19. The summed E-state index contributed by atoms with van der Waals surface area (Å²) in [4.78, 5) is 15.9. The van der Waals surface area contributed by atoms with Crippen LogP contribution in [0, 0.1) is 0 Å². The van der Waals surface area contributed by atoms with Gasteiger partial charge in [0.25, 0.3) is 0 Å². The lowest BCUT2D eigenvalue weighted by Crippen LogP contribution is -2.32. The van der Waals surface area contributed by atoms with E-state index in [1.807, 2.05) is 41.0 Å². The number of nitrogens with zero attached hydrogens (tertiary/aromatic N) is 2. The predicted molar refractivity (Wildman–Crippen MR) is 98.7 cm³/mol. The largest absolute Gasteiger partial charge is 0.395 e. The average molecular weight is 373 g/mol. The third-order valence-corrected chi connectivity index (χ3v) is 5.31. The molecule has 1 amide bonds. The first-order chi connectivity index (χ1) is 12.5. The minimum absolute atomic E-state index is 0.0436. The summed E-state index contributed by atoms with van der Waals surface area (Å²) in [5, 5.41) is 11.0. The Kier molecular flexibility index (Phi) is 5.34. The number of carbonyl (C=O) groups excluding carboxylic acids is 1. The van der Waals surface area contributed by atoms with Gasteiger partial charge in [-0.05, 0) is 29.8 Å². The van der Waals surface area contributed by atoms with Crippen molar-refractivity contribution in [3.63, 3.8) is 0 Å². The van der Waals surface area contributed by atoms with E-state index >= 15 is 0 Å². The topological polar surface area (TPSA) is 101 Å². The lowest BCUT2D eigenvalue weighted by Gasteiger charge is -2.08. The van der Waals surface area contributed by atoms with Gasteiger partial charge in [0.2, 0.25) is 5.91 Å². The van der Waals surface area contributed by atoms with Crippen molar-refractivity contribution in [3.8, 4) is 5.69 Å². The number of benzene rings is 2. The first-order valence-electron chi connectivity index (χ1n) is 8.08. The Hall–Kier alpha value is -2.71. The summed E-state index contributed by atoms with van der Waals surface area (Å²) in [6, 6.07) is 14.9. The second kappa shape index (κ2) is 7.67. The molecule has 2 aromatic carbocycles. The van der Waals surface area contributed by atoms with Gasteiger partial charge in [0, 0.05) is 12.2 Å². The highest BCUT2D eigenvalue weighted by molar-refractivity contribution is 7.91. The Balaban J connectivity index is 1.72.